The molecule has 0 saturated carbocycles. The molecule has 7 nitrogen and oxygen atoms in total. The number of carboxylic acid groups (broad SMARTS) is 1. The minimum atomic E-state index is -1.03. The number of hydrogen-bond acceptors (Lipinski definition) is 6. The highest BCUT2D eigenvalue weighted by molar-refractivity contribution is 8.00. The number of ether oxygens (including phenoxy) is 1. The van der Waals surface area contributed by atoms with Gasteiger partial charge in [0.25, 0.3) is 0 Å². The lowest BCUT2D eigenvalue weighted by molar-refractivity contribution is -0.388. The first-order valence-corrected chi connectivity index (χ1v) is 5.96. The maximum Gasteiger partial charge on any atom is 0.317 e. The van der Waals surface area contributed by atoms with Crippen LogP contribution in [0.3, 0.4) is 0 Å². The SMILES string of the molecule is CCC(Sc1nc(OC)ccc1[N+](=O)[O-])C(=O)O. The Morgan fingerprint density at radius 2 is 2.33 bits per heavy atom. The van der Waals surface area contributed by atoms with E-state index in [4.69, 9.17) is 9.84 Å². The third-order valence-electron chi connectivity index (χ3n) is 2.12. The Kier molecular flexibility index (Phi) is 4.90. The maximum absolute atomic E-state index is 10.9. The molecule has 0 bridgehead atoms. The van der Waals surface area contributed by atoms with Crippen LogP contribution in [-0.4, -0.2) is 33.3 Å². The van der Waals surface area contributed by atoms with Crippen LogP contribution in [0.5, 0.6) is 5.88 Å². The number of hydrogen-bond donors (Lipinski definition) is 1. The van der Waals surface area contributed by atoms with Gasteiger partial charge in [0.2, 0.25) is 5.88 Å². The Hall–Kier alpha value is -1.83. The van der Waals surface area contributed by atoms with Crippen LogP contribution in [0.25, 0.3) is 0 Å². The molecule has 0 aliphatic rings. The van der Waals surface area contributed by atoms with Crippen molar-refractivity contribution in [2.45, 2.75) is 23.6 Å². The molecule has 1 heterocycles. The van der Waals surface area contributed by atoms with Gasteiger partial charge in [0.05, 0.1) is 12.0 Å². The highest BCUT2D eigenvalue weighted by Gasteiger charge is 2.24. The molecular formula is C10H12N2O5S. The summed E-state index contributed by atoms with van der Waals surface area (Å²) in [6.07, 6.45) is 0.343. The molecule has 1 rings (SSSR count). The smallest absolute Gasteiger partial charge is 0.317 e. The molecule has 1 aromatic rings. The zero-order valence-electron chi connectivity index (χ0n) is 9.82. The average molecular weight is 272 g/mol. The first-order chi connectivity index (χ1) is 8.49. The Morgan fingerprint density at radius 3 is 2.78 bits per heavy atom. The Morgan fingerprint density at radius 1 is 1.67 bits per heavy atom. The van der Waals surface area contributed by atoms with E-state index in [-0.39, 0.29) is 16.6 Å². The normalized spacial score (nSPS) is 11.9. The molecule has 1 aromatic heterocycles. The van der Waals surface area contributed by atoms with Gasteiger partial charge in [0, 0.05) is 12.1 Å². The fourth-order valence-corrected chi connectivity index (χ4v) is 2.14. The summed E-state index contributed by atoms with van der Waals surface area (Å²) in [6, 6.07) is 2.62. The van der Waals surface area contributed by atoms with Crippen LogP contribution in [0.15, 0.2) is 17.2 Å². The van der Waals surface area contributed by atoms with E-state index in [2.05, 4.69) is 4.98 Å². The molecular weight excluding hydrogens is 260 g/mol. The van der Waals surface area contributed by atoms with Gasteiger partial charge in [0.15, 0.2) is 5.03 Å². The maximum atomic E-state index is 10.9. The summed E-state index contributed by atoms with van der Waals surface area (Å²) in [5, 5.41) is 19.0. The average Bonchev–Trinajstić information content (AvgIpc) is 2.34. The van der Waals surface area contributed by atoms with E-state index in [1.165, 1.54) is 19.2 Å². The molecule has 1 N–H and O–H groups in total. The lowest BCUT2D eigenvalue weighted by atomic mass is 10.3. The van der Waals surface area contributed by atoms with Crippen molar-refractivity contribution < 1.29 is 19.6 Å². The first-order valence-electron chi connectivity index (χ1n) is 5.08. The summed E-state index contributed by atoms with van der Waals surface area (Å²) in [5.74, 6) is -0.815. The van der Waals surface area contributed by atoms with Gasteiger partial charge >= 0.3 is 11.7 Å². The van der Waals surface area contributed by atoms with E-state index in [9.17, 15) is 14.9 Å². The molecule has 18 heavy (non-hydrogen) atoms. The Labute approximate surface area is 107 Å². The Balaban J connectivity index is 3.11. The minimum Gasteiger partial charge on any atom is -0.481 e. The van der Waals surface area contributed by atoms with Gasteiger partial charge in [-0.1, -0.05) is 18.7 Å². The molecule has 0 aliphatic carbocycles. The number of nitrogens with zero attached hydrogens (tertiary/aromatic N) is 2. The molecule has 0 amide bonds. The zero-order chi connectivity index (χ0) is 13.7. The van der Waals surface area contributed by atoms with Crippen LogP contribution in [-0.2, 0) is 4.79 Å². The molecule has 98 valence electrons. The third-order valence-corrected chi connectivity index (χ3v) is 3.46. The predicted molar refractivity (Wildman–Crippen MR) is 65.0 cm³/mol. The van der Waals surface area contributed by atoms with Crippen molar-refractivity contribution in [1.82, 2.24) is 4.98 Å². The monoisotopic (exact) mass is 272 g/mol. The van der Waals surface area contributed by atoms with Crippen LogP contribution in [0, 0.1) is 10.1 Å². The Bertz CT molecular complexity index is 466. The van der Waals surface area contributed by atoms with Crippen molar-refractivity contribution in [3.05, 3.63) is 22.2 Å². The lowest BCUT2D eigenvalue weighted by Crippen LogP contribution is -2.15. The molecule has 8 heteroatoms. The van der Waals surface area contributed by atoms with Crippen LogP contribution in [0.2, 0.25) is 0 Å². The second kappa shape index (κ2) is 6.20. The van der Waals surface area contributed by atoms with Crippen molar-refractivity contribution in [3.63, 3.8) is 0 Å². The zero-order valence-corrected chi connectivity index (χ0v) is 10.6. The van der Waals surface area contributed by atoms with Gasteiger partial charge in [-0.3, -0.25) is 14.9 Å². The van der Waals surface area contributed by atoms with Crippen molar-refractivity contribution in [2.24, 2.45) is 0 Å². The number of nitro groups is 1. The number of carbonyl (C=O) groups is 1. The van der Waals surface area contributed by atoms with E-state index in [1.54, 1.807) is 6.92 Å². The largest absolute Gasteiger partial charge is 0.481 e. The molecule has 0 spiro atoms. The fourth-order valence-electron chi connectivity index (χ4n) is 1.20. The predicted octanol–water partition coefficient (Wildman–Crippen LogP) is 1.95. The second-order valence-corrected chi connectivity index (χ2v) is 4.48. The van der Waals surface area contributed by atoms with Crippen molar-refractivity contribution in [2.75, 3.05) is 7.11 Å². The molecule has 0 radical (unpaired) electrons. The van der Waals surface area contributed by atoms with Gasteiger partial charge in [-0.25, -0.2) is 0 Å². The van der Waals surface area contributed by atoms with Gasteiger partial charge in [-0.15, -0.1) is 0 Å². The van der Waals surface area contributed by atoms with Gasteiger partial charge in [-0.2, -0.15) is 4.98 Å². The molecule has 0 aliphatic heterocycles. The summed E-state index contributed by atoms with van der Waals surface area (Å²) in [6.45, 7) is 1.69. The van der Waals surface area contributed by atoms with E-state index >= 15 is 0 Å². The summed E-state index contributed by atoms with van der Waals surface area (Å²) < 4.78 is 4.87. The van der Waals surface area contributed by atoms with Crippen LogP contribution in [0.1, 0.15) is 13.3 Å². The van der Waals surface area contributed by atoms with Crippen molar-refractivity contribution >= 4 is 23.4 Å². The molecule has 0 saturated heterocycles. The lowest BCUT2D eigenvalue weighted by Gasteiger charge is -2.09. The molecule has 0 fully saturated rings. The van der Waals surface area contributed by atoms with Gasteiger partial charge < -0.3 is 9.84 Å². The number of methoxy groups -OCH3 is 1. The number of rotatable bonds is 6. The number of thioether (sulfide) groups is 1. The van der Waals surface area contributed by atoms with Crippen LogP contribution >= 0.6 is 11.8 Å². The van der Waals surface area contributed by atoms with Gasteiger partial charge in [0.1, 0.15) is 5.25 Å². The number of aliphatic carboxylic acids is 1. The quantitative estimate of drug-likeness (QED) is 0.479. The van der Waals surface area contributed by atoms with Crippen molar-refractivity contribution in [1.29, 1.82) is 0 Å². The third kappa shape index (κ3) is 3.33. The highest BCUT2D eigenvalue weighted by atomic mass is 32.2. The number of pyridine rings is 1. The highest BCUT2D eigenvalue weighted by Crippen LogP contribution is 2.33. The summed E-state index contributed by atoms with van der Waals surface area (Å²) in [7, 11) is 1.39. The fraction of sp³-hybridized carbons (Fsp3) is 0.400. The standard InChI is InChI=1S/C10H12N2O5S/c1-3-7(10(13)14)18-9-6(12(15)16)4-5-8(11-9)17-2/h4-5,7H,3H2,1-2H3,(H,13,14). The summed E-state index contributed by atoms with van der Waals surface area (Å²) >= 11 is 0.849. The van der Waals surface area contributed by atoms with E-state index < -0.39 is 16.1 Å². The molecule has 0 aromatic carbocycles. The first kappa shape index (κ1) is 14.2. The van der Waals surface area contributed by atoms with E-state index in [0.717, 1.165) is 11.8 Å². The van der Waals surface area contributed by atoms with Crippen LogP contribution < -0.4 is 4.74 Å². The second-order valence-electron chi connectivity index (χ2n) is 3.29. The number of aromatic nitrogens is 1. The molecule has 1 atom stereocenters. The van der Waals surface area contributed by atoms with Gasteiger partial charge in [-0.05, 0) is 6.42 Å². The van der Waals surface area contributed by atoms with Crippen molar-refractivity contribution in [3.8, 4) is 5.88 Å². The summed E-state index contributed by atoms with van der Waals surface area (Å²) in [4.78, 5) is 25.1. The minimum absolute atomic E-state index is 0.0496. The topological polar surface area (TPSA) is 103 Å². The van der Waals surface area contributed by atoms with E-state index in [0.29, 0.717) is 6.42 Å². The number of carboxylic acids is 1. The summed E-state index contributed by atoms with van der Waals surface area (Å²) in [5.41, 5.74) is -0.222. The molecule has 1 unspecified atom stereocenters. The van der Waals surface area contributed by atoms with Crippen LogP contribution in [0.4, 0.5) is 5.69 Å². The van der Waals surface area contributed by atoms with E-state index in [1.807, 2.05) is 0 Å².